The van der Waals surface area contributed by atoms with Crippen LogP contribution in [0.25, 0.3) is 0 Å². The number of carbonyl (C=O) groups is 2. The van der Waals surface area contributed by atoms with Crippen LogP contribution < -0.4 is 15.4 Å². The van der Waals surface area contributed by atoms with Gasteiger partial charge in [-0.3, -0.25) is 10.1 Å². The molecule has 2 N–H and O–H groups in total. The third-order valence-electron chi connectivity index (χ3n) is 2.44. The lowest BCUT2D eigenvalue weighted by Gasteiger charge is -2.09. The molecule has 1 aromatic carbocycles. The molecular weight excluding hydrogens is 291 g/mol. The first-order valence-corrected chi connectivity index (χ1v) is 6.49. The van der Waals surface area contributed by atoms with Crippen molar-refractivity contribution in [3.8, 4) is 5.75 Å². The Labute approximate surface area is 120 Å². The molecule has 1 aliphatic rings. The molecule has 1 saturated carbocycles. The van der Waals surface area contributed by atoms with Gasteiger partial charge in [0.2, 0.25) is 0 Å². The van der Waals surface area contributed by atoms with Crippen molar-refractivity contribution in [1.82, 2.24) is 10.6 Å². The average molecular weight is 303 g/mol. The first-order valence-electron chi connectivity index (χ1n) is 5.73. The number of imide groups is 1. The van der Waals surface area contributed by atoms with E-state index in [9.17, 15) is 9.59 Å². The molecule has 0 unspecified atom stereocenters. The topological polar surface area (TPSA) is 67.4 Å². The van der Waals surface area contributed by atoms with Gasteiger partial charge in [0.15, 0.2) is 6.61 Å². The highest BCUT2D eigenvalue weighted by atomic mass is 35.5. The summed E-state index contributed by atoms with van der Waals surface area (Å²) in [6, 6.07) is 4.54. The minimum absolute atomic E-state index is 0.191. The van der Waals surface area contributed by atoms with Crippen LogP contribution in [0.4, 0.5) is 4.79 Å². The Hall–Kier alpha value is -1.46. The SMILES string of the molecule is O=C(COc1cccc(Cl)c1Cl)NC(=O)NC1CC1. The van der Waals surface area contributed by atoms with Crippen LogP contribution in [0.1, 0.15) is 12.8 Å². The lowest BCUT2D eigenvalue weighted by molar-refractivity contribution is -0.122. The van der Waals surface area contributed by atoms with Crippen molar-refractivity contribution >= 4 is 35.1 Å². The highest BCUT2D eigenvalue weighted by molar-refractivity contribution is 6.42. The quantitative estimate of drug-likeness (QED) is 0.897. The summed E-state index contributed by atoms with van der Waals surface area (Å²) in [6.45, 7) is -0.307. The van der Waals surface area contributed by atoms with Crippen LogP contribution in [0.5, 0.6) is 5.75 Å². The van der Waals surface area contributed by atoms with E-state index in [2.05, 4.69) is 10.6 Å². The van der Waals surface area contributed by atoms with Crippen molar-refractivity contribution < 1.29 is 14.3 Å². The Morgan fingerprint density at radius 2 is 2.05 bits per heavy atom. The molecule has 1 aromatic rings. The number of amides is 3. The highest BCUT2D eigenvalue weighted by Crippen LogP contribution is 2.31. The number of rotatable bonds is 4. The Bertz CT molecular complexity index is 504. The Morgan fingerprint density at radius 3 is 2.74 bits per heavy atom. The van der Waals surface area contributed by atoms with Crippen LogP contribution in [0.2, 0.25) is 10.0 Å². The minimum Gasteiger partial charge on any atom is -0.482 e. The molecule has 0 saturated heterocycles. The maximum atomic E-state index is 11.5. The number of benzene rings is 1. The van der Waals surface area contributed by atoms with E-state index in [1.807, 2.05) is 0 Å². The lowest BCUT2D eigenvalue weighted by Crippen LogP contribution is -2.42. The molecule has 5 nitrogen and oxygen atoms in total. The van der Waals surface area contributed by atoms with E-state index in [0.717, 1.165) is 12.8 Å². The minimum atomic E-state index is -0.547. The summed E-state index contributed by atoms with van der Waals surface area (Å²) in [5.41, 5.74) is 0. The summed E-state index contributed by atoms with van der Waals surface area (Å²) in [7, 11) is 0. The first kappa shape index (κ1) is 14.0. The van der Waals surface area contributed by atoms with Gasteiger partial charge in [-0.2, -0.15) is 0 Å². The second kappa shape index (κ2) is 6.12. The number of nitrogens with one attached hydrogen (secondary N) is 2. The van der Waals surface area contributed by atoms with E-state index in [4.69, 9.17) is 27.9 Å². The zero-order valence-corrected chi connectivity index (χ0v) is 11.4. The van der Waals surface area contributed by atoms with Crippen molar-refractivity contribution in [2.45, 2.75) is 18.9 Å². The van der Waals surface area contributed by atoms with Gasteiger partial charge in [0, 0.05) is 6.04 Å². The molecule has 0 radical (unpaired) electrons. The normalized spacial score (nSPS) is 13.8. The molecule has 2 rings (SSSR count). The van der Waals surface area contributed by atoms with Crippen molar-refractivity contribution in [1.29, 1.82) is 0 Å². The molecular formula is C12H12Cl2N2O3. The number of hydrogen-bond donors (Lipinski definition) is 2. The summed E-state index contributed by atoms with van der Waals surface area (Å²) in [5.74, 6) is -0.249. The number of urea groups is 1. The molecule has 0 atom stereocenters. The van der Waals surface area contributed by atoms with Crippen molar-refractivity contribution in [3.63, 3.8) is 0 Å². The molecule has 0 aromatic heterocycles. The largest absolute Gasteiger partial charge is 0.482 e. The molecule has 1 fully saturated rings. The van der Waals surface area contributed by atoms with E-state index in [0.29, 0.717) is 10.8 Å². The van der Waals surface area contributed by atoms with Crippen LogP contribution in [-0.4, -0.2) is 24.6 Å². The summed E-state index contributed by atoms with van der Waals surface area (Å²) in [6.07, 6.45) is 1.91. The van der Waals surface area contributed by atoms with Crippen LogP contribution in [0.3, 0.4) is 0 Å². The van der Waals surface area contributed by atoms with Crippen LogP contribution in [0.15, 0.2) is 18.2 Å². The molecule has 102 valence electrons. The number of ether oxygens (including phenoxy) is 1. The molecule has 1 aliphatic carbocycles. The van der Waals surface area contributed by atoms with Crippen molar-refractivity contribution in [2.24, 2.45) is 0 Å². The van der Waals surface area contributed by atoms with Gasteiger partial charge >= 0.3 is 6.03 Å². The zero-order valence-electron chi connectivity index (χ0n) is 9.91. The van der Waals surface area contributed by atoms with Crippen LogP contribution in [0, 0.1) is 0 Å². The number of hydrogen-bond acceptors (Lipinski definition) is 3. The molecule has 0 aliphatic heterocycles. The van der Waals surface area contributed by atoms with Gasteiger partial charge in [0.25, 0.3) is 5.91 Å². The summed E-state index contributed by atoms with van der Waals surface area (Å²) in [5, 5.41) is 5.37. The summed E-state index contributed by atoms with van der Waals surface area (Å²) >= 11 is 11.7. The van der Waals surface area contributed by atoms with Crippen molar-refractivity contribution in [2.75, 3.05) is 6.61 Å². The molecule has 19 heavy (non-hydrogen) atoms. The number of carbonyl (C=O) groups excluding carboxylic acids is 2. The monoisotopic (exact) mass is 302 g/mol. The standard InChI is InChI=1S/C12H12Cl2N2O3/c13-8-2-1-3-9(11(8)14)19-6-10(17)16-12(18)15-7-4-5-7/h1-3,7H,4-6H2,(H2,15,16,17,18). The van der Waals surface area contributed by atoms with E-state index < -0.39 is 11.9 Å². The Morgan fingerprint density at radius 1 is 1.32 bits per heavy atom. The van der Waals surface area contributed by atoms with E-state index >= 15 is 0 Å². The van der Waals surface area contributed by atoms with Gasteiger partial charge in [-0.1, -0.05) is 29.3 Å². The molecule has 7 heteroatoms. The van der Waals surface area contributed by atoms with E-state index in [1.54, 1.807) is 18.2 Å². The average Bonchev–Trinajstić information content (AvgIpc) is 3.14. The molecule has 0 heterocycles. The number of halogens is 2. The predicted octanol–water partition coefficient (Wildman–Crippen LogP) is 2.36. The third-order valence-corrected chi connectivity index (χ3v) is 3.24. The van der Waals surface area contributed by atoms with Gasteiger partial charge in [0.1, 0.15) is 10.8 Å². The molecule has 0 bridgehead atoms. The Balaban J connectivity index is 1.79. The fraction of sp³-hybridized carbons (Fsp3) is 0.333. The van der Waals surface area contributed by atoms with Crippen LogP contribution >= 0.6 is 23.2 Å². The second-order valence-corrected chi connectivity index (χ2v) is 4.92. The third kappa shape index (κ3) is 4.29. The van der Waals surface area contributed by atoms with Crippen LogP contribution in [-0.2, 0) is 4.79 Å². The second-order valence-electron chi connectivity index (χ2n) is 4.14. The summed E-state index contributed by atoms with van der Waals surface area (Å²) < 4.78 is 5.19. The highest BCUT2D eigenvalue weighted by Gasteiger charge is 2.23. The van der Waals surface area contributed by atoms with E-state index in [-0.39, 0.29) is 17.7 Å². The van der Waals surface area contributed by atoms with Gasteiger partial charge in [0.05, 0.1) is 5.02 Å². The zero-order chi connectivity index (χ0) is 13.8. The fourth-order valence-electron chi connectivity index (χ4n) is 1.35. The first-order chi connectivity index (χ1) is 9.06. The fourth-order valence-corrected chi connectivity index (χ4v) is 1.70. The summed E-state index contributed by atoms with van der Waals surface area (Å²) in [4.78, 5) is 22.7. The van der Waals surface area contributed by atoms with Gasteiger partial charge in [-0.05, 0) is 25.0 Å². The van der Waals surface area contributed by atoms with E-state index in [1.165, 1.54) is 0 Å². The lowest BCUT2D eigenvalue weighted by atomic mass is 10.3. The predicted molar refractivity (Wildman–Crippen MR) is 71.7 cm³/mol. The van der Waals surface area contributed by atoms with Gasteiger partial charge in [-0.25, -0.2) is 4.79 Å². The maximum absolute atomic E-state index is 11.5. The van der Waals surface area contributed by atoms with Crippen molar-refractivity contribution in [3.05, 3.63) is 28.2 Å². The van der Waals surface area contributed by atoms with Gasteiger partial charge < -0.3 is 10.1 Å². The molecule has 0 spiro atoms. The maximum Gasteiger partial charge on any atom is 0.321 e. The molecule has 3 amide bonds. The Kier molecular flexibility index (Phi) is 4.50. The smallest absolute Gasteiger partial charge is 0.321 e. The van der Waals surface area contributed by atoms with Gasteiger partial charge in [-0.15, -0.1) is 0 Å².